The molecule has 0 saturated heterocycles. The van der Waals surface area contributed by atoms with E-state index in [9.17, 15) is 9.59 Å². The van der Waals surface area contributed by atoms with E-state index in [1.54, 1.807) is 31.5 Å². The highest BCUT2D eigenvalue weighted by Crippen LogP contribution is 2.34. The topological polar surface area (TPSA) is 81.4 Å². The number of hydrogen-bond donors (Lipinski definition) is 1. The molecular formula is C22H21ClN2O4. The van der Waals surface area contributed by atoms with Crippen LogP contribution in [0.1, 0.15) is 36.5 Å². The van der Waals surface area contributed by atoms with E-state index in [1.165, 1.54) is 0 Å². The first-order chi connectivity index (χ1) is 14.0. The molecule has 0 bridgehead atoms. The molecule has 1 aliphatic carbocycles. The summed E-state index contributed by atoms with van der Waals surface area (Å²) in [7, 11) is 0. The number of aryl methyl sites for hydroxylation is 1. The predicted molar refractivity (Wildman–Crippen MR) is 110 cm³/mol. The minimum Gasteiger partial charge on any atom is -0.479 e. The molecule has 1 N–H and O–H groups in total. The molecule has 1 aromatic carbocycles. The monoisotopic (exact) mass is 412 g/mol. The zero-order chi connectivity index (χ0) is 20.4. The van der Waals surface area contributed by atoms with E-state index in [4.69, 9.17) is 20.8 Å². The Balaban J connectivity index is 1.53. The van der Waals surface area contributed by atoms with E-state index in [0.717, 1.165) is 47.8 Å². The Hall–Kier alpha value is -2.86. The molecular weight excluding hydrogens is 392 g/mol. The smallest absolute Gasteiger partial charge is 0.339 e. The Morgan fingerprint density at radius 1 is 1.24 bits per heavy atom. The number of halogens is 1. The van der Waals surface area contributed by atoms with E-state index in [2.05, 4.69) is 10.3 Å². The summed E-state index contributed by atoms with van der Waals surface area (Å²) in [6, 6.07) is 7.02. The van der Waals surface area contributed by atoms with Gasteiger partial charge in [-0.25, -0.2) is 4.79 Å². The number of carbonyl (C=O) groups is 1. The van der Waals surface area contributed by atoms with Crippen LogP contribution in [-0.2, 0) is 24.2 Å². The molecule has 4 rings (SSSR count). The Morgan fingerprint density at radius 2 is 1.97 bits per heavy atom. The zero-order valence-corrected chi connectivity index (χ0v) is 16.8. The number of nitrogens with one attached hydrogen (secondary N) is 1. The maximum atomic E-state index is 12.4. The lowest BCUT2D eigenvalue weighted by atomic mass is 9.90. The van der Waals surface area contributed by atoms with Crippen molar-refractivity contribution in [1.29, 1.82) is 0 Å². The van der Waals surface area contributed by atoms with Crippen LogP contribution in [0.5, 0.6) is 5.75 Å². The average molecular weight is 413 g/mol. The van der Waals surface area contributed by atoms with Gasteiger partial charge in [-0.1, -0.05) is 11.6 Å². The molecule has 0 spiro atoms. The van der Waals surface area contributed by atoms with Gasteiger partial charge in [0.15, 0.2) is 6.10 Å². The molecule has 6 nitrogen and oxygen atoms in total. The van der Waals surface area contributed by atoms with Crippen molar-refractivity contribution >= 4 is 28.5 Å². The summed E-state index contributed by atoms with van der Waals surface area (Å²) in [6.45, 7) is 2.02. The molecule has 3 aromatic rings. The summed E-state index contributed by atoms with van der Waals surface area (Å²) < 4.78 is 11.3. The summed E-state index contributed by atoms with van der Waals surface area (Å²) in [6.07, 6.45) is 6.17. The lowest BCUT2D eigenvalue weighted by Crippen LogP contribution is -2.35. The summed E-state index contributed by atoms with van der Waals surface area (Å²) in [5.74, 6) is 0.0366. The molecule has 1 amide bonds. The van der Waals surface area contributed by atoms with Crippen LogP contribution in [0, 0.1) is 0 Å². The van der Waals surface area contributed by atoms with Crippen molar-refractivity contribution in [3.63, 3.8) is 0 Å². The molecule has 2 heterocycles. The van der Waals surface area contributed by atoms with Gasteiger partial charge in [0.25, 0.3) is 5.91 Å². The second-order valence-electron chi connectivity index (χ2n) is 7.17. The highest BCUT2D eigenvalue weighted by Gasteiger charge is 2.21. The highest BCUT2D eigenvalue weighted by atomic mass is 35.5. The fourth-order valence-corrected chi connectivity index (χ4v) is 3.82. The number of aromatic nitrogens is 1. The number of amides is 1. The lowest BCUT2D eigenvalue weighted by Gasteiger charge is -2.18. The van der Waals surface area contributed by atoms with Crippen molar-refractivity contribution in [3.05, 3.63) is 68.8 Å². The van der Waals surface area contributed by atoms with Crippen molar-refractivity contribution in [1.82, 2.24) is 10.3 Å². The minimum atomic E-state index is -0.767. The summed E-state index contributed by atoms with van der Waals surface area (Å²) in [4.78, 5) is 28.6. The Labute approximate surface area is 172 Å². The van der Waals surface area contributed by atoms with Gasteiger partial charge in [0.1, 0.15) is 11.3 Å². The van der Waals surface area contributed by atoms with Gasteiger partial charge >= 0.3 is 5.63 Å². The van der Waals surface area contributed by atoms with Gasteiger partial charge in [-0.3, -0.25) is 9.78 Å². The van der Waals surface area contributed by atoms with Crippen LogP contribution in [0.15, 0.2) is 45.9 Å². The summed E-state index contributed by atoms with van der Waals surface area (Å²) in [5.41, 5.74) is 2.83. The highest BCUT2D eigenvalue weighted by molar-refractivity contribution is 6.32. The van der Waals surface area contributed by atoms with Crippen LogP contribution in [-0.4, -0.2) is 17.0 Å². The Kier molecular flexibility index (Phi) is 5.53. The van der Waals surface area contributed by atoms with Gasteiger partial charge in [0.05, 0.1) is 5.02 Å². The van der Waals surface area contributed by atoms with Crippen molar-refractivity contribution in [2.24, 2.45) is 0 Å². The largest absolute Gasteiger partial charge is 0.479 e. The normalized spacial score (nSPS) is 14.3. The maximum Gasteiger partial charge on any atom is 0.339 e. The SMILES string of the molecule is C[C@@H](Oc1cc2oc(=O)c3c(c2cc1Cl)CCCC3)C(=O)NCc1ccncc1. The molecule has 0 aliphatic heterocycles. The summed E-state index contributed by atoms with van der Waals surface area (Å²) in [5, 5.41) is 4.04. The van der Waals surface area contributed by atoms with Crippen molar-refractivity contribution in [2.75, 3.05) is 0 Å². The number of ether oxygens (including phenoxy) is 1. The molecule has 7 heteroatoms. The third-order valence-electron chi connectivity index (χ3n) is 5.17. The van der Waals surface area contributed by atoms with E-state index in [0.29, 0.717) is 22.9 Å². The van der Waals surface area contributed by atoms with Crippen molar-refractivity contribution < 1.29 is 13.9 Å². The third-order valence-corrected chi connectivity index (χ3v) is 5.46. The van der Waals surface area contributed by atoms with E-state index in [1.807, 2.05) is 12.1 Å². The number of carbonyl (C=O) groups excluding carboxylic acids is 1. The average Bonchev–Trinajstić information content (AvgIpc) is 2.74. The van der Waals surface area contributed by atoms with Crippen LogP contribution in [0.2, 0.25) is 5.02 Å². The third kappa shape index (κ3) is 4.12. The molecule has 2 aromatic heterocycles. The lowest BCUT2D eigenvalue weighted by molar-refractivity contribution is -0.127. The number of fused-ring (bicyclic) bond motifs is 3. The molecule has 0 unspecified atom stereocenters. The Morgan fingerprint density at radius 3 is 2.72 bits per heavy atom. The minimum absolute atomic E-state index is 0.273. The number of pyridine rings is 1. The van der Waals surface area contributed by atoms with E-state index in [-0.39, 0.29) is 11.5 Å². The quantitative estimate of drug-likeness (QED) is 0.644. The van der Waals surface area contributed by atoms with E-state index < -0.39 is 6.10 Å². The molecule has 150 valence electrons. The van der Waals surface area contributed by atoms with Gasteiger partial charge in [-0.2, -0.15) is 0 Å². The van der Waals surface area contributed by atoms with Crippen molar-refractivity contribution in [2.45, 2.75) is 45.3 Å². The fraction of sp³-hybridized carbons (Fsp3) is 0.318. The van der Waals surface area contributed by atoms with Crippen LogP contribution < -0.4 is 15.7 Å². The molecule has 1 atom stereocenters. The van der Waals surface area contributed by atoms with Crippen molar-refractivity contribution in [3.8, 4) is 5.75 Å². The number of hydrogen-bond acceptors (Lipinski definition) is 5. The van der Waals surface area contributed by atoms with Crippen LogP contribution in [0.4, 0.5) is 0 Å². The number of nitrogens with zero attached hydrogens (tertiary/aromatic N) is 1. The summed E-state index contributed by atoms with van der Waals surface area (Å²) >= 11 is 6.42. The van der Waals surface area contributed by atoms with Crippen LogP contribution in [0.25, 0.3) is 11.0 Å². The van der Waals surface area contributed by atoms with Gasteiger partial charge in [-0.15, -0.1) is 0 Å². The first kappa shape index (κ1) is 19.5. The second-order valence-corrected chi connectivity index (χ2v) is 7.57. The zero-order valence-electron chi connectivity index (χ0n) is 16.0. The van der Waals surface area contributed by atoms with Crippen LogP contribution in [0.3, 0.4) is 0 Å². The molecule has 0 radical (unpaired) electrons. The fourth-order valence-electron chi connectivity index (χ4n) is 3.61. The molecule has 0 saturated carbocycles. The number of benzene rings is 1. The van der Waals surface area contributed by atoms with Gasteiger partial charge in [0.2, 0.25) is 0 Å². The first-order valence-electron chi connectivity index (χ1n) is 9.64. The molecule has 1 aliphatic rings. The molecule has 29 heavy (non-hydrogen) atoms. The number of rotatable bonds is 5. The van der Waals surface area contributed by atoms with Gasteiger partial charge in [0, 0.05) is 36.0 Å². The van der Waals surface area contributed by atoms with Gasteiger partial charge < -0.3 is 14.5 Å². The Bertz CT molecular complexity index is 1110. The van der Waals surface area contributed by atoms with E-state index >= 15 is 0 Å². The second kappa shape index (κ2) is 8.25. The van der Waals surface area contributed by atoms with Gasteiger partial charge in [-0.05, 0) is 61.9 Å². The predicted octanol–water partition coefficient (Wildman–Crippen LogP) is 3.80. The maximum absolute atomic E-state index is 12.4. The first-order valence-corrected chi connectivity index (χ1v) is 10.0. The molecule has 0 fully saturated rings. The standard InChI is InChI=1S/C22H21ClN2O4/c1-13(21(26)25-12-14-6-8-24-9-7-14)28-20-11-19-17(10-18(20)23)15-4-2-3-5-16(15)22(27)29-19/h6-11,13H,2-5,12H2,1H3,(H,25,26)/t13-/m1/s1. The van der Waals surface area contributed by atoms with Crippen LogP contribution >= 0.6 is 11.6 Å².